The summed E-state index contributed by atoms with van der Waals surface area (Å²) in [5, 5.41) is 3.48. The zero-order chi connectivity index (χ0) is 14.8. The SMILES string of the molecule is COc1ccc(C2CC(Nc3ccc(=O)n(C)c3)C2)cc1. The summed E-state index contributed by atoms with van der Waals surface area (Å²) in [5.74, 6) is 1.51. The summed E-state index contributed by atoms with van der Waals surface area (Å²) in [6, 6.07) is 12.3. The molecule has 0 amide bonds. The van der Waals surface area contributed by atoms with Crippen LogP contribution < -0.4 is 15.6 Å². The van der Waals surface area contributed by atoms with Crippen LogP contribution in [0.2, 0.25) is 0 Å². The molecule has 1 N–H and O–H groups in total. The number of hydrogen-bond donors (Lipinski definition) is 1. The molecule has 1 saturated carbocycles. The molecule has 2 aromatic rings. The van der Waals surface area contributed by atoms with Gasteiger partial charge in [0, 0.05) is 25.4 Å². The Labute approximate surface area is 124 Å². The van der Waals surface area contributed by atoms with Crippen LogP contribution in [0.15, 0.2) is 47.4 Å². The van der Waals surface area contributed by atoms with Crippen molar-refractivity contribution in [1.29, 1.82) is 0 Å². The van der Waals surface area contributed by atoms with Gasteiger partial charge in [-0.3, -0.25) is 4.79 Å². The summed E-state index contributed by atoms with van der Waals surface area (Å²) in [6.45, 7) is 0. The Morgan fingerprint density at radius 2 is 1.86 bits per heavy atom. The Hall–Kier alpha value is -2.23. The molecule has 110 valence electrons. The van der Waals surface area contributed by atoms with Crippen molar-refractivity contribution in [1.82, 2.24) is 4.57 Å². The number of rotatable bonds is 4. The molecular weight excluding hydrogens is 264 g/mol. The van der Waals surface area contributed by atoms with Crippen molar-refractivity contribution in [2.75, 3.05) is 12.4 Å². The third kappa shape index (κ3) is 2.94. The molecule has 0 radical (unpaired) electrons. The maximum Gasteiger partial charge on any atom is 0.250 e. The lowest BCUT2D eigenvalue weighted by molar-refractivity contribution is 0.373. The number of aryl methyl sites for hydroxylation is 1. The fourth-order valence-corrected chi connectivity index (χ4v) is 2.80. The van der Waals surface area contributed by atoms with Crippen molar-refractivity contribution in [3.8, 4) is 5.75 Å². The van der Waals surface area contributed by atoms with Crippen molar-refractivity contribution < 1.29 is 4.74 Å². The second-order valence-corrected chi connectivity index (χ2v) is 5.65. The third-order valence-corrected chi connectivity index (χ3v) is 4.18. The molecule has 1 aliphatic carbocycles. The van der Waals surface area contributed by atoms with Gasteiger partial charge in [0.2, 0.25) is 5.56 Å². The maximum absolute atomic E-state index is 11.4. The van der Waals surface area contributed by atoms with E-state index in [0.29, 0.717) is 12.0 Å². The average molecular weight is 284 g/mol. The summed E-state index contributed by atoms with van der Waals surface area (Å²) < 4.78 is 6.78. The number of hydrogen-bond acceptors (Lipinski definition) is 3. The first-order valence-electron chi connectivity index (χ1n) is 7.23. The van der Waals surface area contributed by atoms with E-state index in [9.17, 15) is 4.79 Å². The van der Waals surface area contributed by atoms with Crippen LogP contribution in [0, 0.1) is 0 Å². The molecule has 0 bridgehead atoms. The number of benzene rings is 1. The third-order valence-electron chi connectivity index (χ3n) is 4.18. The molecule has 21 heavy (non-hydrogen) atoms. The molecule has 4 nitrogen and oxygen atoms in total. The van der Waals surface area contributed by atoms with Gasteiger partial charge >= 0.3 is 0 Å². The highest BCUT2D eigenvalue weighted by Gasteiger charge is 2.30. The normalized spacial score (nSPS) is 20.7. The van der Waals surface area contributed by atoms with Gasteiger partial charge in [-0.05, 0) is 42.5 Å². The van der Waals surface area contributed by atoms with Gasteiger partial charge < -0.3 is 14.6 Å². The second-order valence-electron chi connectivity index (χ2n) is 5.65. The van der Waals surface area contributed by atoms with E-state index >= 15 is 0 Å². The highest BCUT2D eigenvalue weighted by atomic mass is 16.5. The van der Waals surface area contributed by atoms with E-state index < -0.39 is 0 Å². The largest absolute Gasteiger partial charge is 0.497 e. The molecule has 0 atom stereocenters. The van der Waals surface area contributed by atoms with Crippen LogP contribution >= 0.6 is 0 Å². The Kier molecular flexibility index (Phi) is 3.69. The molecule has 0 unspecified atom stereocenters. The number of aromatic nitrogens is 1. The molecule has 4 heteroatoms. The quantitative estimate of drug-likeness (QED) is 0.939. The van der Waals surface area contributed by atoms with Crippen molar-refractivity contribution in [2.24, 2.45) is 7.05 Å². The van der Waals surface area contributed by atoms with Gasteiger partial charge in [0.1, 0.15) is 5.75 Å². The molecule has 0 saturated heterocycles. The van der Waals surface area contributed by atoms with Gasteiger partial charge in [0.05, 0.1) is 12.8 Å². The number of nitrogens with zero attached hydrogens (tertiary/aromatic N) is 1. The lowest BCUT2D eigenvalue weighted by atomic mass is 9.76. The molecule has 1 aliphatic rings. The molecule has 1 heterocycles. The fraction of sp³-hybridized carbons (Fsp3) is 0.353. The van der Waals surface area contributed by atoms with E-state index in [0.717, 1.165) is 24.3 Å². The van der Waals surface area contributed by atoms with E-state index in [1.807, 2.05) is 24.4 Å². The van der Waals surface area contributed by atoms with Gasteiger partial charge in [-0.15, -0.1) is 0 Å². The minimum Gasteiger partial charge on any atom is -0.497 e. The van der Waals surface area contributed by atoms with Gasteiger partial charge in [0.15, 0.2) is 0 Å². The Bertz CT molecular complexity index is 670. The summed E-state index contributed by atoms with van der Waals surface area (Å²) in [7, 11) is 3.46. The minimum absolute atomic E-state index is 0.0188. The van der Waals surface area contributed by atoms with Crippen molar-refractivity contribution in [3.05, 3.63) is 58.5 Å². The standard InChI is InChI=1S/C17H20N2O2/c1-19-11-14(5-8-17(19)20)18-15-9-13(10-15)12-3-6-16(21-2)7-4-12/h3-8,11,13,15,18H,9-10H2,1-2H3. The lowest BCUT2D eigenvalue weighted by Crippen LogP contribution is -2.34. The summed E-state index contributed by atoms with van der Waals surface area (Å²) in [5.41, 5.74) is 2.40. The number of ether oxygens (including phenoxy) is 1. The van der Waals surface area contributed by atoms with Gasteiger partial charge in [-0.2, -0.15) is 0 Å². The molecule has 0 aliphatic heterocycles. The van der Waals surface area contributed by atoms with E-state index in [4.69, 9.17) is 4.74 Å². The van der Waals surface area contributed by atoms with Crippen LogP contribution in [0.25, 0.3) is 0 Å². The van der Waals surface area contributed by atoms with Gasteiger partial charge in [-0.25, -0.2) is 0 Å². The predicted octanol–water partition coefficient (Wildman–Crippen LogP) is 2.75. The molecule has 3 rings (SSSR count). The van der Waals surface area contributed by atoms with Crippen LogP contribution in [-0.4, -0.2) is 17.7 Å². The summed E-state index contributed by atoms with van der Waals surface area (Å²) in [4.78, 5) is 11.4. The first kappa shape index (κ1) is 13.7. The highest BCUT2D eigenvalue weighted by Crippen LogP contribution is 2.38. The minimum atomic E-state index is 0.0188. The van der Waals surface area contributed by atoms with Crippen LogP contribution in [0.3, 0.4) is 0 Å². The summed E-state index contributed by atoms with van der Waals surface area (Å²) in [6.07, 6.45) is 4.09. The molecule has 0 spiro atoms. The number of nitrogens with one attached hydrogen (secondary N) is 1. The zero-order valence-corrected chi connectivity index (χ0v) is 12.4. The second kappa shape index (κ2) is 5.64. The monoisotopic (exact) mass is 284 g/mol. The van der Waals surface area contributed by atoms with Gasteiger partial charge in [0.25, 0.3) is 0 Å². The van der Waals surface area contributed by atoms with Crippen LogP contribution in [-0.2, 0) is 7.05 Å². The summed E-state index contributed by atoms with van der Waals surface area (Å²) >= 11 is 0. The highest BCUT2D eigenvalue weighted by molar-refractivity contribution is 5.43. The molecule has 1 fully saturated rings. The van der Waals surface area contributed by atoms with E-state index in [1.165, 1.54) is 5.56 Å². The van der Waals surface area contributed by atoms with Crippen LogP contribution in [0.5, 0.6) is 5.75 Å². The maximum atomic E-state index is 11.4. The first-order valence-corrected chi connectivity index (χ1v) is 7.23. The lowest BCUT2D eigenvalue weighted by Gasteiger charge is -2.37. The van der Waals surface area contributed by atoms with E-state index in [1.54, 1.807) is 24.8 Å². The fourth-order valence-electron chi connectivity index (χ4n) is 2.80. The number of methoxy groups -OCH3 is 1. The van der Waals surface area contributed by atoms with Crippen molar-refractivity contribution in [3.63, 3.8) is 0 Å². The average Bonchev–Trinajstić information content (AvgIpc) is 2.46. The van der Waals surface area contributed by atoms with Gasteiger partial charge in [-0.1, -0.05) is 12.1 Å². The van der Waals surface area contributed by atoms with Crippen molar-refractivity contribution >= 4 is 5.69 Å². The first-order chi connectivity index (χ1) is 10.2. The molecule has 1 aromatic heterocycles. The topological polar surface area (TPSA) is 43.3 Å². The Morgan fingerprint density at radius 1 is 1.14 bits per heavy atom. The predicted molar refractivity (Wildman–Crippen MR) is 84.1 cm³/mol. The Balaban J connectivity index is 1.57. The zero-order valence-electron chi connectivity index (χ0n) is 12.4. The van der Waals surface area contributed by atoms with E-state index in [-0.39, 0.29) is 5.56 Å². The van der Waals surface area contributed by atoms with E-state index in [2.05, 4.69) is 17.4 Å². The number of anilines is 1. The number of pyridine rings is 1. The van der Waals surface area contributed by atoms with Crippen molar-refractivity contribution in [2.45, 2.75) is 24.8 Å². The van der Waals surface area contributed by atoms with Crippen LogP contribution in [0.4, 0.5) is 5.69 Å². The molecule has 1 aromatic carbocycles. The molecular formula is C17H20N2O2. The Morgan fingerprint density at radius 3 is 2.48 bits per heavy atom. The van der Waals surface area contributed by atoms with Crippen LogP contribution in [0.1, 0.15) is 24.3 Å². The smallest absolute Gasteiger partial charge is 0.250 e.